The van der Waals surface area contributed by atoms with Crippen molar-refractivity contribution < 1.29 is 17.9 Å². The molecule has 0 fully saturated rings. The van der Waals surface area contributed by atoms with Gasteiger partial charge in [0.25, 0.3) is 0 Å². The van der Waals surface area contributed by atoms with Crippen LogP contribution in [0.1, 0.15) is 12.8 Å². The van der Waals surface area contributed by atoms with Crippen molar-refractivity contribution in [2.75, 3.05) is 19.4 Å². The van der Waals surface area contributed by atoms with Gasteiger partial charge in [-0.05, 0) is 6.42 Å². The van der Waals surface area contributed by atoms with Crippen molar-refractivity contribution >= 4 is 16.0 Å². The van der Waals surface area contributed by atoms with Crippen LogP contribution in [0.25, 0.3) is 0 Å². The summed E-state index contributed by atoms with van der Waals surface area (Å²) < 4.78 is 28.7. The molecule has 0 aromatic heterocycles. The lowest BCUT2D eigenvalue weighted by Crippen LogP contribution is -2.31. The van der Waals surface area contributed by atoms with E-state index in [1.165, 1.54) is 0 Å². The largest absolute Gasteiger partial charge is 0.468 e. The molecule has 1 N–H and O–H groups in total. The highest BCUT2D eigenvalue weighted by Crippen LogP contribution is 1.89. The molecule has 0 unspecified atom stereocenters. The van der Waals surface area contributed by atoms with E-state index < -0.39 is 21.7 Å². The van der Waals surface area contributed by atoms with Gasteiger partial charge in [-0.15, -0.1) is 12.3 Å². The first-order valence-corrected chi connectivity index (χ1v) is 5.64. The third-order valence-electron chi connectivity index (χ3n) is 1.36. The minimum absolute atomic E-state index is 0.240. The Morgan fingerprint density at radius 1 is 1.57 bits per heavy atom. The number of unbranched alkanes of at least 4 members (excludes halogenated alkanes) is 1. The number of carbonyl (C=O) groups is 1. The maximum absolute atomic E-state index is 11.1. The lowest BCUT2D eigenvalue weighted by molar-refractivity contribution is -0.137. The fourth-order valence-electron chi connectivity index (χ4n) is 0.683. The molecule has 0 saturated heterocycles. The molecular weight excluding hydrogens is 206 g/mol. The van der Waals surface area contributed by atoms with Crippen molar-refractivity contribution in [2.45, 2.75) is 12.8 Å². The summed E-state index contributed by atoms with van der Waals surface area (Å²) in [6.45, 7) is 0.240. The smallest absolute Gasteiger partial charge is 0.322 e. The zero-order valence-electron chi connectivity index (χ0n) is 7.95. The molecule has 0 amide bonds. The van der Waals surface area contributed by atoms with Gasteiger partial charge in [-0.1, -0.05) is 0 Å². The van der Waals surface area contributed by atoms with Gasteiger partial charge in [0.1, 0.15) is 0 Å². The Morgan fingerprint density at radius 3 is 2.71 bits per heavy atom. The second-order valence-corrected chi connectivity index (χ2v) is 4.34. The molecule has 0 saturated carbocycles. The number of hydrogen-bond acceptors (Lipinski definition) is 4. The molecule has 0 spiro atoms. The Bertz CT molecular complexity index is 315. The highest BCUT2D eigenvalue weighted by atomic mass is 32.2. The van der Waals surface area contributed by atoms with Gasteiger partial charge >= 0.3 is 5.97 Å². The molecule has 0 aromatic carbocycles. The van der Waals surface area contributed by atoms with Gasteiger partial charge in [0.05, 0.1) is 7.11 Å². The van der Waals surface area contributed by atoms with Crippen LogP contribution in [-0.4, -0.2) is 33.8 Å². The minimum Gasteiger partial charge on any atom is -0.468 e. The van der Waals surface area contributed by atoms with Gasteiger partial charge in [-0.3, -0.25) is 4.79 Å². The summed E-state index contributed by atoms with van der Waals surface area (Å²) in [5.74, 6) is 0.943. The Morgan fingerprint density at radius 2 is 2.21 bits per heavy atom. The zero-order valence-corrected chi connectivity index (χ0v) is 8.76. The number of carbonyl (C=O) groups excluding carboxylic acids is 1. The predicted octanol–water partition coefficient (Wildman–Crippen LogP) is -0.508. The average Bonchev–Trinajstić information content (AvgIpc) is 2.12. The van der Waals surface area contributed by atoms with Crippen LogP contribution in [0.2, 0.25) is 0 Å². The lowest BCUT2D eigenvalue weighted by Gasteiger charge is -2.03. The average molecular weight is 219 g/mol. The molecule has 0 bridgehead atoms. The molecule has 0 radical (unpaired) electrons. The first-order chi connectivity index (χ1) is 6.52. The van der Waals surface area contributed by atoms with E-state index in [0.29, 0.717) is 12.8 Å². The van der Waals surface area contributed by atoms with E-state index in [1.807, 2.05) is 0 Å². The minimum atomic E-state index is -3.57. The van der Waals surface area contributed by atoms with Gasteiger partial charge in [-0.25, -0.2) is 13.1 Å². The quantitative estimate of drug-likeness (QED) is 0.371. The summed E-state index contributed by atoms with van der Waals surface area (Å²) in [5, 5.41) is 0. The highest BCUT2D eigenvalue weighted by Gasteiger charge is 2.15. The van der Waals surface area contributed by atoms with Crippen molar-refractivity contribution in [3.05, 3.63) is 0 Å². The van der Waals surface area contributed by atoms with Crippen LogP contribution < -0.4 is 4.72 Å². The van der Waals surface area contributed by atoms with E-state index in [1.54, 1.807) is 0 Å². The second-order valence-electron chi connectivity index (χ2n) is 2.54. The molecule has 0 heterocycles. The third-order valence-corrected chi connectivity index (χ3v) is 2.62. The molecule has 5 nitrogen and oxygen atoms in total. The topological polar surface area (TPSA) is 72.5 Å². The maximum Gasteiger partial charge on any atom is 0.322 e. The summed E-state index contributed by atoms with van der Waals surface area (Å²) in [6, 6.07) is 0. The van der Waals surface area contributed by atoms with E-state index in [2.05, 4.69) is 15.4 Å². The number of ether oxygens (including phenoxy) is 1. The number of terminal acetylenes is 1. The molecule has 0 aliphatic carbocycles. The summed E-state index contributed by atoms with van der Waals surface area (Å²) in [4.78, 5) is 10.6. The van der Waals surface area contributed by atoms with Crippen LogP contribution in [0.15, 0.2) is 0 Å². The Balaban J connectivity index is 3.86. The number of esters is 1. The van der Waals surface area contributed by atoms with Crippen LogP contribution in [0, 0.1) is 12.3 Å². The zero-order chi connectivity index (χ0) is 11.0. The van der Waals surface area contributed by atoms with E-state index >= 15 is 0 Å². The number of methoxy groups -OCH3 is 1. The monoisotopic (exact) mass is 219 g/mol. The van der Waals surface area contributed by atoms with Crippen molar-refractivity contribution in [1.29, 1.82) is 0 Å². The number of hydrogen-bond donors (Lipinski definition) is 1. The van der Waals surface area contributed by atoms with Crippen LogP contribution >= 0.6 is 0 Å². The third kappa shape index (κ3) is 6.46. The molecule has 0 aromatic rings. The molecule has 14 heavy (non-hydrogen) atoms. The van der Waals surface area contributed by atoms with Gasteiger partial charge in [0.2, 0.25) is 10.0 Å². The van der Waals surface area contributed by atoms with Crippen molar-refractivity contribution in [3.63, 3.8) is 0 Å². The molecule has 0 atom stereocenters. The Kier molecular flexibility index (Phi) is 5.92. The standard InChI is InChI=1S/C8H13NO4S/c1-3-4-5-6-9-14(11,12)7-8(10)13-2/h1,9H,4-7H2,2H3. The number of nitrogens with one attached hydrogen (secondary N) is 1. The normalized spacial score (nSPS) is 10.6. The Hall–Kier alpha value is -1.06. The van der Waals surface area contributed by atoms with Gasteiger partial charge < -0.3 is 4.74 Å². The number of rotatable bonds is 6. The van der Waals surface area contributed by atoms with Gasteiger partial charge in [0, 0.05) is 13.0 Å². The predicted molar refractivity (Wildman–Crippen MR) is 51.9 cm³/mol. The fraction of sp³-hybridized carbons (Fsp3) is 0.625. The van der Waals surface area contributed by atoms with Gasteiger partial charge in [-0.2, -0.15) is 0 Å². The molecule has 0 aliphatic heterocycles. The SMILES string of the molecule is C#CCCCNS(=O)(=O)CC(=O)OC. The summed E-state index contributed by atoms with van der Waals surface area (Å²) >= 11 is 0. The van der Waals surface area contributed by atoms with E-state index in [4.69, 9.17) is 6.42 Å². The second kappa shape index (κ2) is 6.40. The lowest BCUT2D eigenvalue weighted by atomic mass is 10.3. The summed E-state index contributed by atoms with van der Waals surface area (Å²) in [7, 11) is -2.43. The van der Waals surface area contributed by atoms with Crippen LogP contribution in [0.5, 0.6) is 0 Å². The van der Waals surface area contributed by atoms with E-state index in [9.17, 15) is 13.2 Å². The van der Waals surface area contributed by atoms with Crippen LogP contribution in [0.3, 0.4) is 0 Å². The van der Waals surface area contributed by atoms with Crippen molar-refractivity contribution in [3.8, 4) is 12.3 Å². The molecular formula is C8H13NO4S. The van der Waals surface area contributed by atoms with Crippen molar-refractivity contribution in [1.82, 2.24) is 4.72 Å². The van der Waals surface area contributed by atoms with Crippen LogP contribution in [0.4, 0.5) is 0 Å². The molecule has 0 aliphatic rings. The van der Waals surface area contributed by atoms with Gasteiger partial charge in [0.15, 0.2) is 5.75 Å². The Labute approximate surface area is 83.9 Å². The molecule has 0 rings (SSSR count). The fourth-order valence-corrected chi connectivity index (χ4v) is 1.67. The van der Waals surface area contributed by atoms with Crippen molar-refractivity contribution in [2.24, 2.45) is 0 Å². The summed E-state index contributed by atoms with van der Waals surface area (Å²) in [6.07, 6.45) is 6.03. The van der Waals surface area contributed by atoms with Crippen LogP contribution in [-0.2, 0) is 19.6 Å². The highest BCUT2D eigenvalue weighted by molar-refractivity contribution is 7.90. The molecule has 80 valence electrons. The summed E-state index contributed by atoms with van der Waals surface area (Å²) in [5.41, 5.74) is 0. The number of sulfonamides is 1. The first kappa shape index (κ1) is 12.9. The van der Waals surface area contributed by atoms with E-state index in [0.717, 1.165) is 7.11 Å². The maximum atomic E-state index is 11.1. The molecule has 6 heteroatoms. The first-order valence-electron chi connectivity index (χ1n) is 3.99. The van der Waals surface area contributed by atoms with E-state index in [-0.39, 0.29) is 6.54 Å².